The highest BCUT2D eigenvalue weighted by Gasteiger charge is 2.29. The standard InChI is InChI=1S/C13H21BrClN3/c1-17(2)7-8-18-13(12(15)9-16-18)10-5-3-4-6-11(10)14/h9-11H,3-8H2,1-2H3. The number of hydrogen-bond donors (Lipinski definition) is 0. The van der Waals surface area contributed by atoms with Gasteiger partial charge in [-0.15, -0.1) is 0 Å². The molecule has 0 radical (unpaired) electrons. The van der Waals surface area contributed by atoms with Gasteiger partial charge in [-0.3, -0.25) is 4.68 Å². The average molecular weight is 335 g/mol. The molecule has 0 aliphatic heterocycles. The molecule has 1 heterocycles. The fourth-order valence-electron chi connectivity index (χ4n) is 2.61. The van der Waals surface area contributed by atoms with Crippen LogP contribution in [-0.4, -0.2) is 40.1 Å². The monoisotopic (exact) mass is 333 g/mol. The van der Waals surface area contributed by atoms with E-state index >= 15 is 0 Å². The Bertz CT molecular complexity index is 392. The van der Waals surface area contributed by atoms with E-state index in [1.54, 1.807) is 6.20 Å². The Morgan fingerprint density at radius 3 is 2.83 bits per heavy atom. The van der Waals surface area contributed by atoms with E-state index in [9.17, 15) is 0 Å². The summed E-state index contributed by atoms with van der Waals surface area (Å²) in [6, 6.07) is 0. The van der Waals surface area contributed by atoms with Gasteiger partial charge in [0.25, 0.3) is 0 Å². The van der Waals surface area contributed by atoms with Crippen molar-refractivity contribution in [1.82, 2.24) is 14.7 Å². The normalized spacial score (nSPS) is 24.7. The zero-order valence-electron chi connectivity index (χ0n) is 11.1. The van der Waals surface area contributed by atoms with Crippen LogP contribution in [0.25, 0.3) is 0 Å². The largest absolute Gasteiger partial charge is 0.308 e. The van der Waals surface area contributed by atoms with Crippen LogP contribution < -0.4 is 0 Å². The van der Waals surface area contributed by atoms with E-state index in [1.807, 2.05) is 0 Å². The summed E-state index contributed by atoms with van der Waals surface area (Å²) in [5.74, 6) is 0.510. The van der Waals surface area contributed by atoms with Crippen LogP contribution in [0.3, 0.4) is 0 Å². The summed E-state index contributed by atoms with van der Waals surface area (Å²) in [5.41, 5.74) is 1.22. The molecule has 5 heteroatoms. The summed E-state index contributed by atoms with van der Waals surface area (Å²) >= 11 is 10.2. The van der Waals surface area contributed by atoms with E-state index in [-0.39, 0.29) is 0 Å². The molecule has 2 atom stereocenters. The van der Waals surface area contributed by atoms with Crippen LogP contribution in [0, 0.1) is 0 Å². The molecule has 0 spiro atoms. The van der Waals surface area contributed by atoms with Crippen molar-refractivity contribution < 1.29 is 0 Å². The van der Waals surface area contributed by atoms with E-state index in [0.717, 1.165) is 18.1 Å². The molecule has 1 saturated carbocycles. The molecule has 2 unspecified atom stereocenters. The lowest BCUT2D eigenvalue weighted by atomic mass is 9.86. The van der Waals surface area contributed by atoms with Crippen LogP contribution in [0.5, 0.6) is 0 Å². The van der Waals surface area contributed by atoms with E-state index in [2.05, 4.69) is 44.7 Å². The van der Waals surface area contributed by atoms with E-state index in [0.29, 0.717) is 10.7 Å². The van der Waals surface area contributed by atoms with Crippen molar-refractivity contribution in [2.45, 2.75) is 43.0 Å². The van der Waals surface area contributed by atoms with Gasteiger partial charge in [0, 0.05) is 17.3 Å². The molecule has 0 amide bonds. The zero-order chi connectivity index (χ0) is 13.1. The van der Waals surface area contributed by atoms with Gasteiger partial charge in [-0.1, -0.05) is 40.4 Å². The maximum atomic E-state index is 6.34. The second-order valence-electron chi connectivity index (χ2n) is 5.31. The maximum absolute atomic E-state index is 6.34. The van der Waals surface area contributed by atoms with Gasteiger partial charge in [0.2, 0.25) is 0 Å². The van der Waals surface area contributed by atoms with E-state index in [1.165, 1.54) is 31.4 Å². The van der Waals surface area contributed by atoms with Crippen LogP contribution in [-0.2, 0) is 6.54 Å². The minimum Gasteiger partial charge on any atom is -0.308 e. The Morgan fingerprint density at radius 2 is 2.17 bits per heavy atom. The highest BCUT2D eigenvalue weighted by molar-refractivity contribution is 9.09. The highest BCUT2D eigenvalue weighted by atomic mass is 79.9. The molecule has 1 aromatic heterocycles. The average Bonchev–Trinajstić information content (AvgIpc) is 2.69. The molecule has 18 heavy (non-hydrogen) atoms. The molecule has 0 N–H and O–H groups in total. The van der Waals surface area contributed by atoms with Gasteiger partial charge >= 0.3 is 0 Å². The summed E-state index contributed by atoms with van der Waals surface area (Å²) in [5, 5.41) is 5.26. The first-order chi connectivity index (χ1) is 8.59. The van der Waals surface area contributed by atoms with Gasteiger partial charge in [-0.2, -0.15) is 5.10 Å². The summed E-state index contributed by atoms with van der Waals surface area (Å²) in [6.45, 7) is 1.90. The molecule has 1 aliphatic rings. The third kappa shape index (κ3) is 3.28. The van der Waals surface area contributed by atoms with Gasteiger partial charge in [0.15, 0.2) is 0 Å². The predicted molar refractivity (Wildman–Crippen MR) is 79.7 cm³/mol. The molecule has 3 nitrogen and oxygen atoms in total. The summed E-state index contributed by atoms with van der Waals surface area (Å²) < 4.78 is 2.09. The number of aromatic nitrogens is 2. The second kappa shape index (κ2) is 6.40. The Labute approximate surface area is 123 Å². The molecule has 2 rings (SSSR count). The van der Waals surface area contributed by atoms with Crippen molar-refractivity contribution in [2.24, 2.45) is 0 Å². The lowest BCUT2D eigenvalue weighted by Gasteiger charge is -2.28. The minimum atomic E-state index is 0.510. The first kappa shape index (κ1) is 14.4. The summed E-state index contributed by atoms with van der Waals surface area (Å²) in [6.07, 6.45) is 6.85. The fourth-order valence-corrected chi connectivity index (χ4v) is 3.73. The number of likely N-dealkylation sites (N-methyl/N-ethyl adjacent to an activating group) is 1. The lowest BCUT2D eigenvalue weighted by Crippen LogP contribution is -2.24. The molecular formula is C13H21BrClN3. The SMILES string of the molecule is CN(C)CCn1ncc(Cl)c1C1CCCCC1Br. The van der Waals surface area contributed by atoms with Crippen LogP contribution in [0.4, 0.5) is 0 Å². The van der Waals surface area contributed by atoms with Gasteiger partial charge in [0.1, 0.15) is 0 Å². The van der Waals surface area contributed by atoms with E-state index in [4.69, 9.17) is 11.6 Å². The molecule has 102 valence electrons. The van der Waals surface area contributed by atoms with Crippen LogP contribution in [0.2, 0.25) is 5.02 Å². The third-order valence-electron chi connectivity index (χ3n) is 3.63. The number of alkyl halides is 1. The van der Waals surface area contributed by atoms with Gasteiger partial charge in [-0.05, 0) is 26.9 Å². The Balaban J connectivity index is 2.17. The quantitative estimate of drug-likeness (QED) is 0.786. The zero-order valence-corrected chi connectivity index (χ0v) is 13.4. The molecule has 0 saturated heterocycles. The first-order valence-corrected chi connectivity index (χ1v) is 7.89. The van der Waals surface area contributed by atoms with Crippen molar-refractivity contribution in [1.29, 1.82) is 0 Å². The Morgan fingerprint density at radius 1 is 1.44 bits per heavy atom. The molecule has 1 fully saturated rings. The second-order valence-corrected chi connectivity index (χ2v) is 6.89. The maximum Gasteiger partial charge on any atom is 0.0821 e. The summed E-state index contributed by atoms with van der Waals surface area (Å²) in [4.78, 5) is 2.71. The van der Waals surface area contributed by atoms with Crippen LogP contribution in [0.1, 0.15) is 37.3 Å². The van der Waals surface area contributed by atoms with Crippen molar-refractivity contribution in [3.63, 3.8) is 0 Å². The number of halogens is 2. The van der Waals surface area contributed by atoms with Crippen molar-refractivity contribution in [2.75, 3.05) is 20.6 Å². The number of nitrogens with zero attached hydrogens (tertiary/aromatic N) is 3. The fraction of sp³-hybridized carbons (Fsp3) is 0.769. The van der Waals surface area contributed by atoms with Crippen LogP contribution >= 0.6 is 27.5 Å². The first-order valence-electron chi connectivity index (χ1n) is 6.59. The number of hydrogen-bond acceptors (Lipinski definition) is 2. The van der Waals surface area contributed by atoms with Crippen molar-refractivity contribution >= 4 is 27.5 Å². The smallest absolute Gasteiger partial charge is 0.0821 e. The molecule has 0 aromatic carbocycles. The van der Waals surface area contributed by atoms with Gasteiger partial charge in [0.05, 0.1) is 23.5 Å². The molecule has 0 bridgehead atoms. The van der Waals surface area contributed by atoms with Gasteiger partial charge in [-0.25, -0.2) is 0 Å². The molecule has 1 aliphatic carbocycles. The summed E-state index contributed by atoms with van der Waals surface area (Å²) in [7, 11) is 4.16. The lowest BCUT2D eigenvalue weighted by molar-refractivity contribution is 0.358. The van der Waals surface area contributed by atoms with Crippen LogP contribution in [0.15, 0.2) is 6.20 Å². The van der Waals surface area contributed by atoms with E-state index < -0.39 is 0 Å². The Kier molecular flexibility index (Phi) is 5.10. The predicted octanol–water partition coefficient (Wildman–Crippen LogP) is 3.52. The van der Waals surface area contributed by atoms with Gasteiger partial charge < -0.3 is 4.90 Å². The molecule has 1 aromatic rings. The topological polar surface area (TPSA) is 21.1 Å². The third-order valence-corrected chi connectivity index (χ3v) is 5.01. The number of rotatable bonds is 4. The van der Waals surface area contributed by atoms with Crippen molar-refractivity contribution in [3.8, 4) is 0 Å². The van der Waals surface area contributed by atoms with Crippen molar-refractivity contribution in [3.05, 3.63) is 16.9 Å². The molecular weight excluding hydrogens is 314 g/mol. The Hall–Kier alpha value is -0.0600. The minimum absolute atomic E-state index is 0.510. The highest BCUT2D eigenvalue weighted by Crippen LogP contribution is 2.40.